The molecular formula is C22H24N2O6. The van der Waals surface area contributed by atoms with Gasteiger partial charge in [0.2, 0.25) is 0 Å². The van der Waals surface area contributed by atoms with Crippen molar-refractivity contribution in [2.75, 3.05) is 43.6 Å². The van der Waals surface area contributed by atoms with E-state index in [1.165, 1.54) is 26.2 Å². The Morgan fingerprint density at radius 2 is 1.57 bits per heavy atom. The van der Waals surface area contributed by atoms with Crippen LogP contribution in [0, 0.1) is 0 Å². The first kappa shape index (κ1) is 21.3. The van der Waals surface area contributed by atoms with Crippen molar-refractivity contribution in [1.82, 2.24) is 0 Å². The Balaban J connectivity index is 1.59. The van der Waals surface area contributed by atoms with Crippen molar-refractivity contribution in [2.24, 2.45) is 0 Å². The molecule has 1 heterocycles. The highest BCUT2D eigenvalue weighted by Crippen LogP contribution is 2.19. The predicted molar refractivity (Wildman–Crippen MR) is 111 cm³/mol. The van der Waals surface area contributed by atoms with Crippen molar-refractivity contribution < 1.29 is 28.6 Å². The highest BCUT2D eigenvalue weighted by Gasteiger charge is 2.23. The minimum Gasteiger partial charge on any atom is -0.465 e. The number of ether oxygens (including phenoxy) is 3. The molecule has 1 aliphatic rings. The van der Waals surface area contributed by atoms with Gasteiger partial charge in [-0.25, -0.2) is 9.59 Å². The largest absolute Gasteiger partial charge is 0.465 e. The summed E-state index contributed by atoms with van der Waals surface area (Å²) in [4.78, 5) is 38.9. The van der Waals surface area contributed by atoms with Gasteiger partial charge in [-0.05, 0) is 43.3 Å². The van der Waals surface area contributed by atoms with Crippen LogP contribution < -0.4 is 10.2 Å². The quantitative estimate of drug-likeness (QED) is 0.729. The first-order valence-corrected chi connectivity index (χ1v) is 9.61. The summed E-state index contributed by atoms with van der Waals surface area (Å²) in [6, 6.07) is 13.6. The molecule has 2 aromatic rings. The molecule has 0 radical (unpaired) electrons. The average molecular weight is 412 g/mol. The molecular weight excluding hydrogens is 388 g/mol. The minimum absolute atomic E-state index is 0.0406. The summed E-state index contributed by atoms with van der Waals surface area (Å²) in [6.45, 7) is 4.51. The van der Waals surface area contributed by atoms with E-state index < -0.39 is 23.9 Å². The first-order chi connectivity index (χ1) is 14.5. The third-order valence-corrected chi connectivity index (χ3v) is 4.72. The number of rotatable bonds is 6. The standard InChI is InChI=1S/C22H24N2O6/c1-15(30-22(27)19-6-4-3-5-18(19)21(26)28-2)20(25)23-16-7-9-17(10-8-16)24-11-13-29-14-12-24/h3-10,15H,11-14H2,1-2H3,(H,23,25). The van der Waals surface area contributed by atoms with Crippen LogP contribution in [0.5, 0.6) is 0 Å². The number of benzene rings is 2. The molecule has 8 nitrogen and oxygen atoms in total. The van der Waals surface area contributed by atoms with Crippen molar-refractivity contribution in [3.8, 4) is 0 Å². The molecule has 1 saturated heterocycles. The van der Waals surface area contributed by atoms with Crippen LogP contribution in [0.1, 0.15) is 27.6 Å². The lowest BCUT2D eigenvalue weighted by molar-refractivity contribution is -0.123. The molecule has 1 amide bonds. The van der Waals surface area contributed by atoms with Crippen molar-refractivity contribution in [1.29, 1.82) is 0 Å². The van der Waals surface area contributed by atoms with Crippen LogP contribution >= 0.6 is 0 Å². The maximum absolute atomic E-state index is 12.4. The number of carbonyl (C=O) groups excluding carboxylic acids is 3. The monoisotopic (exact) mass is 412 g/mol. The average Bonchev–Trinajstić information content (AvgIpc) is 2.79. The molecule has 0 bridgehead atoms. The van der Waals surface area contributed by atoms with E-state index in [1.807, 2.05) is 12.1 Å². The third-order valence-electron chi connectivity index (χ3n) is 4.72. The van der Waals surface area contributed by atoms with Gasteiger partial charge in [-0.15, -0.1) is 0 Å². The normalized spacial score (nSPS) is 14.5. The number of amides is 1. The number of nitrogens with zero attached hydrogens (tertiary/aromatic N) is 1. The Morgan fingerprint density at radius 1 is 0.967 bits per heavy atom. The summed E-state index contributed by atoms with van der Waals surface area (Å²) in [5, 5.41) is 2.73. The highest BCUT2D eigenvalue weighted by molar-refractivity contribution is 6.04. The van der Waals surface area contributed by atoms with Gasteiger partial charge in [-0.1, -0.05) is 12.1 Å². The van der Waals surface area contributed by atoms with Crippen LogP contribution in [0.2, 0.25) is 0 Å². The predicted octanol–water partition coefficient (Wildman–Crippen LogP) is 2.49. The summed E-state index contributed by atoms with van der Waals surface area (Å²) in [6.07, 6.45) is -1.05. The maximum Gasteiger partial charge on any atom is 0.339 e. The molecule has 1 aliphatic heterocycles. The zero-order chi connectivity index (χ0) is 21.5. The fourth-order valence-electron chi connectivity index (χ4n) is 3.05. The number of carbonyl (C=O) groups is 3. The molecule has 1 N–H and O–H groups in total. The Morgan fingerprint density at radius 3 is 2.17 bits per heavy atom. The van der Waals surface area contributed by atoms with Gasteiger partial charge in [0, 0.05) is 24.5 Å². The fourth-order valence-corrected chi connectivity index (χ4v) is 3.05. The molecule has 1 fully saturated rings. The fraction of sp³-hybridized carbons (Fsp3) is 0.318. The Hall–Kier alpha value is -3.39. The van der Waals surface area contributed by atoms with Crippen molar-refractivity contribution >= 4 is 29.2 Å². The van der Waals surface area contributed by atoms with Gasteiger partial charge < -0.3 is 24.4 Å². The maximum atomic E-state index is 12.4. The summed E-state index contributed by atoms with van der Waals surface area (Å²) in [5.41, 5.74) is 1.76. The van der Waals surface area contributed by atoms with Crippen LogP contribution in [-0.2, 0) is 19.0 Å². The van der Waals surface area contributed by atoms with E-state index in [9.17, 15) is 14.4 Å². The second-order valence-electron chi connectivity index (χ2n) is 6.72. The lowest BCUT2D eigenvalue weighted by atomic mass is 10.1. The molecule has 30 heavy (non-hydrogen) atoms. The smallest absolute Gasteiger partial charge is 0.339 e. The lowest BCUT2D eigenvalue weighted by Crippen LogP contribution is -2.36. The second-order valence-corrected chi connectivity index (χ2v) is 6.72. The van der Waals surface area contributed by atoms with Gasteiger partial charge in [0.05, 0.1) is 31.5 Å². The number of morpholine rings is 1. The number of nitrogens with one attached hydrogen (secondary N) is 1. The zero-order valence-electron chi connectivity index (χ0n) is 16.9. The van der Waals surface area contributed by atoms with Gasteiger partial charge in [-0.3, -0.25) is 4.79 Å². The molecule has 0 spiro atoms. The van der Waals surface area contributed by atoms with E-state index in [4.69, 9.17) is 9.47 Å². The van der Waals surface area contributed by atoms with Crippen molar-refractivity contribution in [3.63, 3.8) is 0 Å². The van der Waals surface area contributed by atoms with Gasteiger partial charge in [0.1, 0.15) is 0 Å². The Kier molecular flexibility index (Phi) is 7.03. The van der Waals surface area contributed by atoms with E-state index in [0.717, 1.165) is 18.8 Å². The molecule has 1 unspecified atom stereocenters. The first-order valence-electron chi connectivity index (χ1n) is 9.61. The van der Waals surface area contributed by atoms with E-state index >= 15 is 0 Å². The van der Waals surface area contributed by atoms with Crippen LogP contribution in [-0.4, -0.2) is 57.4 Å². The van der Waals surface area contributed by atoms with Crippen molar-refractivity contribution in [2.45, 2.75) is 13.0 Å². The van der Waals surface area contributed by atoms with E-state index in [2.05, 4.69) is 15.0 Å². The van der Waals surface area contributed by atoms with Gasteiger partial charge in [0.15, 0.2) is 6.10 Å². The highest BCUT2D eigenvalue weighted by atomic mass is 16.5. The summed E-state index contributed by atoms with van der Waals surface area (Å²) in [5.74, 6) is -1.90. The number of hydrogen-bond acceptors (Lipinski definition) is 7. The van der Waals surface area contributed by atoms with Crippen LogP contribution in [0.3, 0.4) is 0 Å². The second kappa shape index (κ2) is 9.89. The zero-order valence-corrected chi connectivity index (χ0v) is 16.9. The molecule has 3 rings (SSSR count). The van der Waals surface area contributed by atoms with Crippen LogP contribution in [0.25, 0.3) is 0 Å². The van der Waals surface area contributed by atoms with Gasteiger partial charge in [0.25, 0.3) is 5.91 Å². The number of methoxy groups -OCH3 is 1. The molecule has 0 saturated carbocycles. The van der Waals surface area contributed by atoms with E-state index in [-0.39, 0.29) is 11.1 Å². The molecule has 0 aromatic heterocycles. The number of esters is 2. The van der Waals surface area contributed by atoms with Crippen molar-refractivity contribution in [3.05, 3.63) is 59.7 Å². The van der Waals surface area contributed by atoms with E-state index in [0.29, 0.717) is 18.9 Å². The van der Waals surface area contributed by atoms with E-state index in [1.54, 1.807) is 24.3 Å². The summed E-state index contributed by atoms with van der Waals surface area (Å²) < 4.78 is 15.3. The SMILES string of the molecule is COC(=O)c1ccccc1C(=O)OC(C)C(=O)Nc1ccc(N2CCOCC2)cc1. The van der Waals surface area contributed by atoms with Gasteiger partial charge in [-0.2, -0.15) is 0 Å². The van der Waals surface area contributed by atoms with Gasteiger partial charge >= 0.3 is 11.9 Å². The topological polar surface area (TPSA) is 94.2 Å². The number of hydrogen-bond donors (Lipinski definition) is 1. The molecule has 2 aromatic carbocycles. The van der Waals surface area contributed by atoms with Crippen LogP contribution in [0.15, 0.2) is 48.5 Å². The third kappa shape index (κ3) is 5.15. The van der Waals surface area contributed by atoms with Crippen LogP contribution in [0.4, 0.5) is 11.4 Å². The Labute approximate surface area is 174 Å². The summed E-state index contributed by atoms with van der Waals surface area (Å²) >= 11 is 0. The molecule has 8 heteroatoms. The minimum atomic E-state index is -1.05. The lowest BCUT2D eigenvalue weighted by Gasteiger charge is -2.28. The summed E-state index contributed by atoms with van der Waals surface area (Å²) in [7, 11) is 1.23. The molecule has 1 atom stereocenters. The Bertz CT molecular complexity index is 906. The molecule has 0 aliphatic carbocycles. The number of anilines is 2. The molecule has 158 valence electrons.